The zero-order valence-electron chi connectivity index (χ0n) is 12.7. The lowest BCUT2D eigenvalue weighted by molar-refractivity contribution is 0.104. The molecule has 0 aliphatic heterocycles. The van der Waals surface area contributed by atoms with Gasteiger partial charge in [0.05, 0.1) is 18.9 Å². The standard InChI is InChI=1S/C17H18N2O3/c1-4-9-22-16-8-6-13(10-17(16)21-3)5-7-15(20)14-11-18-19(2)12-14/h4-8,10-12H,1,9H2,2-3H3/b7-5+. The Labute approximate surface area is 129 Å². The molecule has 22 heavy (non-hydrogen) atoms. The second kappa shape index (κ2) is 7.26. The van der Waals surface area contributed by atoms with Crippen LogP contribution in [0.3, 0.4) is 0 Å². The second-order valence-electron chi connectivity index (χ2n) is 4.61. The third kappa shape index (κ3) is 3.85. The number of methoxy groups -OCH3 is 1. The number of ketones is 1. The summed E-state index contributed by atoms with van der Waals surface area (Å²) in [5.74, 6) is 1.15. The Morgan fingerprint density at radius 3 is 2.86 bits per heavy atom. The van der Waals surface area contributed by atoms with Gasteiger partial charge in [-0.05, 0) is 23.8 Å². The number of carbonyl (C=O) groups excluding carboxylic acids is 1. The second-order valence-corrected chi connectivity index (χ2v) is 4.61. The molecule has 0 radical (unpaired) electrons. The Kier molecular flexibility index (Phi) is 5.14. The summed E-state index contributed by atoms with van der Waals surface area (Å²) in [7, 11) is 3.34. The number of hydrogen-bond acceptors (Lipinski definition) is 4. The van der Waals surface area contributed by atoms with Crippen LogP contribution in [0.15, 0.2) is 49.3 Å². The van der Waals surface area contributed by atoms with Crippen molar-refractivity contribution in [1.29, 1.82) is 0 Å². The van der Waals surface area contributed by atoms with Gasteiger partial charge in [-0.15, -0.1) is 0 Å². The van der Waals surface area contributed by atoms with Crippen LogP contribution < -0.4 is 9.47 Å². The Morgan fingerprint density at radius 1 is 1.41 bits per heavy atom. The minimum atomic E-state index is -0.0981. The zero-order valence-corrected chi connectivity index (χ0v) is 12.7. The highest BCUT2D eigenvalue weighted by atomic mass is 16.5. The van der Waals surface area contributed by atoms with Gasteiger partial charge in [-0.1, -0.05) is 24.8 Å². The Bertz CT molecular complexity index is 702. The van der Waals surface area contributed by atoms with Crippen molar-refractivity contribution in [2.45, 2.75) is 0 Å². The van der Waals surface area contributed by atoms with E-state index in [0.717, 1.165) is 5.56 Å². The Hall–Kier alpha value is -2.82. The Balaban J connectivity index is 2.13. The molecule has 0 fully saturated rings. The first-order valence-electron chi connectivity index (χ1n) is 6.77. The average molecular weight is 298 g/mol. The maximum absolute atomic E-state index is 12.0. The summed E-state index contributed by atoms with van der Waals surface area (Å²) < 4.78 is 12.4. The summed E-state index contributed by atoms with van der Waals surface area (Å²) in [6, 6.07) is 5.47. The molecule has 5 nitrogen and oxygen atoms in total. The molecule has 0 saturated carbocycles. The number of hydrogen-bond donors (Lipinski definition) is 0. The van der Waals surface area contributed by atoms with Gasteiger partial charge in [0, 0.05) is 13.2 Å². The zero-order chi connectivity index (χ0) is 15.9. The molecule has 1 aromatic carbocycles. The summed E-state index contributed by atoms with van der Waals surface area (Å²) in [6.45, 7) is 4.01. The van der Waals surface area contributed by atoms with Crippen LogP contribution in [-0.2, 0) is 7.05 Å². The van der Waals surface area contributed by atoms with E-state index >= 15 is 0 Å². The monoisotopic (exact) mass is 298 g/mol. The van der Waals surface area contributed by atoms with Gasteiger partial charge in [0.25, 0.3) is 0 Å². The van der Waals surface area contributed by atoms with Crippen molar-refractivity contribution in [2.24, 2.45) is 7.05 Å². The molecular weight excluding hydrogens is 280 g/mol. The normalized spacial score (nSPS) is 10.6. The molecule has 114 valence electrons. The first kappa shape index (κ1) is 15.6. The minimum absolute atomic E-state index is 0.0981. The van der Waals surface area contributed by atoms with E-state index in [9.17, 15) is 4.79 Å². The average Bonchev–Trinajstić information content (AvgIpc) is 2.97. The maximum atomic E-state index is 12.0. The molecule has 0 saturated heterocycles. The molecular formula is C17H18N2O3. The van der Waals surface area contributed by atoms with Crippen LogP contribution in [0.25, 0.3) is 6.08 Å². The van der Waals surface area contributed by atoms with Gasteiger partial charge in [0.1, 0.15) is 6.61 Å². The highest BCUT2D eigenvalue weighted by molar-refractivity contribution is 6.06. The van der Waals surface area contributed by atoms with Crippen LogP contribution in [0.5, 0.6) is 11.5 Å². The smallest absolute Gasteiger partial charge is 0.189 e. The van der Waals surface area contributed by atoms with Crippen molar-refractivity contribution in [3.05, 3.63) is 60.5 Å². The van der Waals surface area contributed by atoms with Crippen LogP contribution in [0, 0.1) is 0 Å². The number of ether oxygens (including phenoxy) is 2. The quantitative estimate of drug-likeness (QED) is 0.448. The number of aryl methyl sites for hydroxylation is 1. The SMILES string of the molecule is C=CCOc1ccc(/C=C/C(=O)c2cnn(C)c2)cc1OC. The summed E-state index contributed by atoms with van der Waals surface area (Å²) >= 11 is 0. The number of carbonyl (C=O) groups is 1. The number of allylic oxidation sites excluding steroid dienone is 1. The molecule has 0 unspecified atom stereocenters. The molecule has 1 aromatic heterocycles. The molecule has 0 aliphatic rings. The molecule has 1 heterocycles. The first-order valence-corrected chi connectivity index (χ1v) is 6.77. The molecule has 0 bridgehead atoms. The predicted octanol–water partition coefficient (Wildman–Crippen LogP) is 2.89. The van der Waals surface area contributed by atoms with Crippen molar-refractivity contribution < 1.29 is 14.3 Å². The van der Waals surface area contributed by atoms with Crippen molar-refractivity contribution in [3.63, 3.8) is 0 Å². The maximum Gasteiger partial charge on any atom is 0.189 e. The van der Waals surface area contributed by atoms with Crippen LogP contribution >= 0.6 is 0 Å². The minimum Gasteiger partial charge on any atom is -0.493 e. The van der Waals surface area contributed by atoms with Gasteiger partial charge in [0.2, 0.25) is 0 Å². The first-order chi connectivity index (χ1) is 10.6. The van der Waals surface area contributed by atoms with Gasteiger partial charge in [-0.3, -0.25) is 9.48 Å². The molecule has 2 aromatic rings. The molecule has 0 N–H and O–H groups in total. The van der Waals surface area contributed by atoms with Crippen molar-refractivity contribution in [2.75, 3.05) is 13.7 Å². The van der Waals surface area contributed by atoms with Crippen LogP contribution in [0.2, 0.25) is 0 Å². The van der Waals surface area contributed by atoms with E-state index in [1.807, 2.05) is 12.1 Å². The molecule has 2 rings (SSSR count). The number of nitrogens with zero attached hydrogens (tertiary/aromatic N) is 2. The van der Waals surface area contributed by atoms with Gasteiger partial charge in [-0.25, -0.2) is 0 Å². The fraction of sp³-hybridized carbons (Fsp3) is 0.176. The lowest BCUT2D eigenvalue weighted by Crippen LogP contribution is -1.96. The number of rotatable bonds is 7. The third-order valence-corrected chi connectivity index (χ3v) is 2.96. The van der Waals surface area contributed by atoms with E-state index in [1.54, 1.807) is 49.5 Å². The lowest BCUT2D eigenvalue weighted by Gasteiger charge is -2.09. The van der Waals surface area contributed by atoms with Gasteiger partial charge < -0.3 is 9.47 Å². The molecule has 0 spiro atoms. The van der Waals surface area contributed by atoms with E-state index in [1.165, 1.54) is 6.08 Å². The third-order valence-electron chi connectivity index (χ3n) is 2.96. The van der Waals surface area contributed by atoms with Crippen LogP contribution in [0.1, 0.15) is 15.9 Å². The summed E-state index contributed by atoms with van der Waals surface area (Å²) in [4.78, 5) is 12.0. The van der Waals surface area contributed by atoms with Gasteiger partial charge in [-0.2, -0.15) is 5.10 Å². The van der Waals surface area contributed by atoms with Crippen molar-refractivity contribution >= 4 is 11.9 Å². The summed E-state index contributed by atoms with van der Waals surface area (Å²) in [6.07, 6.45) is 8.13. The molecule has 0 aliphatic carbocycles. The molecule has 0 atom stereocenters. The van der Waals surface area contributed by atoms with Crippen LogP contribution in [0.4, 0.5) is 0 Å². The Morgan fingerprint density at radius 2 is 2.23 bits per heavy atom. The van der Waals surface area contributed by atoms with E-state index in [2.05, 4.69) is 11.7 Å². The van der Waals surface area contributed by atoms with E-state index in [-0.39, 0.29) is 5.78 Å². The summed E-state index contributed by atoms with van der Waals surface area (Å²) in [5.41, 5.74) is 1.40. The highest BCUT2D eigenvalue weighted by Crippen LogP contribution is 2.28. The number of aromatic nitrogens is 2. The fourth-order valence-corrected chi connectivity index (χ4v) is 1.87. The van der Waals surface area contributed by atoms with E-state index < -0.39 is 0 Å². The van der Waals surface area contributed by atoms with Crippen LogP contribution in [-0.4, -0.2) is 29.3 Å². The highest BCUT2D eigenvalue weighted by Gasteiger charge is 2.06. The van der Waals surface area contributed by atoms with Crippen molar-refractivity contribution in [1.82, 2.24) is 9.78 Å². The predicted molar refractivity (Wildman–Crippen MR) is 85.3 cm³/mol. The lowest BCUT2D eigenvalue weighted by atomic mass is 10.1. The van der Waals surface area contributed by atoms with Crippen molar-refractivity contribution in [3.8, 4) is 11.5 Å². The van der Waals surface area contributed by atoms with Gasteiger partial charge in [0.15, 0.2) is 17.3 Å². The molecule has 0 amide bonds. The topological polar surface area (TPSA) is 53.3 Å². The number of benzene rings is 1. The summed E-state index contributed by atoms with van der Waals surface area (Å²) in [5, 5.41) is 3.98. The largest absolute Gasteiger partial charge is 0.493 e. The van der Waals surface area contributed by atoms with E-state index in [0.29, 0.717) is 23.7 Å². The van der Waals surface area contributed by atoms with E-state index in [4.69, 9.17) is 9.47 Å². The fourth-order valence-electron chi connectivity index (χ4n) is 1.87. The van der Waals surface area contributed by atoms with Gasteiger partial charge >= 0.3 is 0 Å². The molecule has 5 heteroatoms.